The predicted molar refractivity (Wildman–Crippen MR) is 91.4 cm³/mol. The Hall–Kier alpha value is -1.80. The zero-order valence-electron chi connectivity index (χ0n) is 13.1. The Morgan fingerprint density at radius 3 is 2.10 bits per heavy atom. The van der Waals surface area contributed by atoms with Gasteiger partial charge >= 0.3 is 0 Å². The van der Waals surface area contributed by atoms with Gasteiger partial charge in [-0.1, -0.05) is 68.8 Å². The molecule has 2 heteroatoms. The van der Waals surface area contributed by atoms with Crippen LogP contribution in [0.25, 0.3) is 0 Å². The summed E-state index contributed by atoms with van der Waals surface area (Å²) in [5, 5.41) is 0. The number of hydrogen-bond acceptors (Lipinski definition) is 2. The normalized spacial score (nSPS) is 13.7. The third-order valence-electron chi connectivity index (χ3n) is 4.14. The average molecular weight is 282 g/mol. The van der Waals surface area contributed by atoms with Gasteiger partial charge < -0.3 is 10.6 Å². The molecule has 0 aliphatic heterocycles. The Bertz CT molecular complexity index is 510. The van der Waals surface area contributed by atoms with Crippen LogP contribution in [0.2, 0.25) is 0 Å². The average Bonchev–Trinajstić information content (AvgIpc) is 2.55. The minimum absolute atomic E-state index is 0.193. The Labute approximate surface area is 128 Å². The summed E-state index contributed by atoms with van der Waals surface area (Å²) < 4.78 is 0. The smallest absolute Gasteiger partial charge is 0.0430 e. The van der Waals surface area contributed by atoms with Gasteiger partial charge in [0.15, 0.2) is 0 Å². The third-order valence-corrected chi connectivity index (χ3v) is 4.14. The van der Waals surface area contributed by atoms with E-state index in [1.54, 1.807) is 0 Å². The van der Waals surface area contributed by atoms with E-state index in [0.717, 1.165) is 19.5 Å². The maximum atomic E-state index is 6.38. The summed E-state index contributed by atoms with van der Waals surface area (Å²) in [6.07, 6.45) is 1.12. The molecule has 0 saturated carbocycles. The summed E-state index contributed by atoms with van der Waals surface area (Å²) in [4.78, 5) is 2.38. The molecule has 112 valence electrons. The molecular weight excluding hydrogens is 256 g/mol. The Morgan fingerprint density at radius 1 is 0.952 bits per heavy atom. The first-order valence-corrected chi connectivity index (χ1v) is 7.80. The monoisotopic (exact) mass is 282 g/mol. The number of rotatable bonds is 7. The molecule has 2 aromatic rings. The number of hydrogen-bond donors (Lipinski definition) is 1. The molecule has 0 fully saturated rings. The largest absolute Gasteiger partial charge is 0.366 e. The highest BCUT2D eigenvalue weighted by Gasteiger charge is 2.16. The number of anilines is 1. The highest BCUT2D eigenvalue weighted by atomic mass is 15.1. The first-order chi connectivity index (χ1) is 10.2. The molecule has 0 aliphatic rings. The Balaban J connectivity index is 2.15. The van der Waals surface area contributed by atoms with Gasteiger partial charge in [-0.2, -0.15) is 0 Å². The molecule has 0 amide bonds. The van der Waals surface area contributed by atoms with Gasteiger partial charge in [-0.3, -0.25) is 0 Å². The standard InChI is InChI=1S/C19H26N2/c1-3-16(2)19(20)15-21(18-12-8-5-9-13-18)14-17-10-6-4-7-11-17/h4-13,16,19H,3,14-15,20H2,1-2H3/t16?,19-/m1/s1. The first-order valence-electron chi connectivity index (χ1n) is 7.80. The topological polar surface area (TPSA) is 29.3 Å². The lowest BCUT2D eigenvalue weighted by Gasteiger charge is -2.30. The van der Waals surface area contributed by atoms with E-state index in [0.29, 0.717) is 5.92 Å². The number of nitrogens with two attached hydrogens (primary N) is 1. The van der Waals surface area contributed by atoms with E-state index < -0.39 is 0 Å². The van der Waals surface area contributed by atoms with Gasteiger partial charge in [-0.25, -0.2) is 0 Å². The fraction of sp³-hybridized carbons (Fsp3) is 0.368. The maximum absolute atomic E-state index is 6.38. The number of benzene rings is 2. The molecule has 2 rings (SSSR count). The van der Waals surface area contributed by atoms with Crippen molar-refractivity contribution in [2.75, 3.05) is 11.4 Å². The van der Waals surface area contributed by atoms with Gasteiger partial charge in [0.25, 0.3) is 0 Å². The SMILES string of the molecule is CCC(C)[C@H](N)CN(Cc1ccccc1)c1ccccc1. The van der Waals surface area contributed by atoms with E-state index in [-0.39, 0.29) is 6.04 Å². The van der Waals surface area contributed by atoms with Crippen molar-refractivity contribution in [1.29, 1.82) is 0 Å². The van der Waals surface area contributed by atoms with E-state index in [9.17, 15) is 0 Å². The molecule has 2 aromatic carbocycles. The van der Waals surface area contributed by atoms with Crippen LogP contribution in [0.3, 0.4) is 0 Å². The van der Waals surface area contributed by atoms with Gasteiger partial charge in [0.2, 0.25) is 0 Å². The molecule has 2 N–H and O–H groups in total. The zero-order valence-corrected chi connectivity index (χ0v) is 13.1. The van der Waals surface area contributed by atoms with Gasteiger partial charge in [0, 0.05) is 24.8 Å². The lowest BCUT2D eigenvalue weighted by molar-refractivity contribution is 0.437. The number of nitrogens with zero attached hydrogens (tertiary/aromatic N) is 1. The Kier molecular flexibility index (Phi) is 5.82. The highest BCUT2D eigenvalue weighted by Crippen LogP contribution is 2.19. The van der Waals surface area contributed by atoms with Gasteiger partial charge in [-0.05, 0) is 23.6 Å². The summed E-state index contributed by atoms with van der Waals surface area (Å²) in [5.74, 6) is 0.534. The van der Waals surface area contributed by atoms with Gasteiger partial charge in [-0.15, -0.1) is 0 Å². The lowest BCUT2D eigenvalue weighted by atomic mass is 9.99. The molecule has 1 unspecified atom stereocenters. The molecule has 2 atom stereocenters. The molecular formula is C19H26N2. The maximum Gasteiger partial charge on any atom is 0.0430 e. The molecule has 0 aliphatic carbocycles. The fourth-order valence-corrected chi connectivity index (χ4v) is 2.44. The van der Waals surface area contributed by atoms with Crippen LogP contribution in [-0.4, -0.2) is 12.6 Å². The van der Waals surface area contributed by atoms with Crippen LogP contribution in [0.1, 0.15) is 25.8 Å². The third kappa shape index (κ3) is 4.61. The number of para-hydroxylation sites is 1. The van der Waals surface area contributed by atoms with Crippen molar-refractivity contribution in [2.24, 2.45) is 11.7 Å². The van der Waals surface area contributed by atoms with Crippen molar-refractivity contribution in [3.05, 3.63) is 66.2 Å². The summed E-state index contributed by atoms with van der Waals surface area (Å²) in [6, 6.07) is 21.3. The molecule has 2 nitrogen and oxygen atoms in total. The summed E-state index contributed by atoms with van der Waals surface area (Å²) in [7, 11) is 0. The van der Waals surface area contributed by atoms with Crippen molar-refractivity contribution < 1.29 is 0 Å². The molecule has 0 bridgehead atoms. The van der Waals surface area contributed by atoms with Crippen LogP contribution >= 0.6 is 0 Å². The highest BCUT2D eigenvalue weighted by molar-refractivity contribution is 5.47. The quantitative estimate of drug-likeness (QED) is 0.829. The minimum atomic E-state index is 0.193. The van der Waals surface area contributed by atoms with E-state index in [1.807, 2.05) is 0 Å². The van der Waals surface area contributed by atoms with E-state index in [1.165, 1.54) is 11.3 Å². The first kappa shape index (κ1) is 15.6. The van der Waals surface area contributed by atoms with E-state index in [2.05, 4.69) is 79.4 Å². The molecule has 21 heavy (non-hydrogen) atoms. The second-order valence-corrected chi connectivity index (χ2v) is 5.75. The van der Waals surface area contributed by atoms with E-state index >= 15 is 0 Å². The minimum Gasteiger partial charge on any atom is -0.366 e. The van der Waals surface area contributed by atoms with Crippen molar-refractivity contribution in [3.63, 3.8) is 0 Å². The van der Waals surface area contributed by atoms with Crippen LogP contribution in [0.5, 0.6) is 0 Å². The molecule has 0 saturated heterocycles. The van der Waals surface area contributed by atoms with Crippen LogP contribution in [0, 0.1) is 5.92 Å². The molecule has 0 heterocycles. The van der Waals surface area contributed by atoms with Crippen molar-refractivity contribution in [3.8, 4) is 0 Å². The van der Waals surface area contributed by atoms with Crippen LogP contribution < -0.4 is 10.6 Å². The predicted octanol–water partition coefficient (Wildman–Crippen LogP) is 4.07. The second kappa shape index (κ2) is 7.84. The lowest BCUT2D eigenvalue weighted by Crippen LogP contribution is -2.41. The van der Waals surface area contributed by atoms with Crippen molar-refractivity contribution >= 4 is 5.69 Å². The van der Waals surface area contributed by atoms with Crippen LogP contribution in [0.15, 0.2) is 60.7 Å². The fourth-order valence-electron chi connectivity index (χ4n) is 2.44. The molecule has 0 radical (unpaired) electrons. The molecule has 0 spiro atoms. The zero-order chi connectivity index (χ0) is 15.1. The molecule has 0 aromatic heterocycles. The summed E-state index contributed by atoms with van der Waals surface area (Å²) in [6.45, 7) is 6.22. The van der Waals surface area contributed by atoms with Crippen molar-refractivity contribution in [2.45, 2.75) is 32.9 Å². The van der Waals surface area contributed by atoms with Crippen molar-refractivity contribution in [1.82, 2.24) is 0 Å². The van der Waals surface area contributed by atoms with Crippen LogP contribution in [0.4, 0.5) is 5.69 Å². The second-order valence-electron chi connectivity index (χ2n) is 5.75. The van der Waals surface area contributed by atoms with E-state index in [4.69, 9.17) is 5.73 Å². The van der Waals surface area contributed by atoms with Crippen LogP contribution in [-0.2, 0) is 6.54 Å². The van der Waals surface area contributed by atoms with Gasteiger partial charge in [0.1, 0.15) is 0 Å². The van der Waals surface area contributed by atoms with Gasteiger partial charge in [0.05, 0.1) is 0 Å². The Morgan fingerprint density at radius 2 is 1.52 bits per heavy atom. The summed E-state index contributed by atoms with van der Waals surface area (Å²) in [5.41, 5.74) is 8.93. The summed E-state index contributed by atoms with van der Waals surface area (Å²) >= 11 is 0.